The minimum atomic E-state index is 0.285. The molecule has 2 bridgehead atoms. The van der Waals surface area contributed by atoms with E-state index in [1.807, 2.05) is 0 Å². The van der Waals surface area contributed by atoms with Gasteiger partial charge in [0, 0.05) is 36.5 Å². The first kappa shape index (κ1) is 13.9. The number of nitrogens with two attached hydrogens (primary N) is 1. The maximum atomic E-state index is 5.63. The molecule has 0 spiro atoms. The van der Waals surface area contributed by atoms with E-state index in [0.29, 0.717) is 23.8 Å². The molecule has 2 aromatic heterocycles. The Bertz CT molecular complexity index is 824. The Morgan fingerprint density at radius 3 is 2.52 bits per heavy atom. The Balaban J connectivity index is 1.42. The third kappa shape index (κ3) is 2.08. The highest BCUT2D eigenvalue weighted by Gasteiger charge is 2.55. The van der Waals surface area contributed by atoms with Gasteiger partial charge in [0.15, 0.2) is 0 Å². The molecule has 2 aliphatic carbocycles. The first-order valence-electron chi connectivity index (χ1n) is 9.07. The van der Waals surface area contributed by atoms with Gasteiger partial charge in [0.05, 0.1) is 24.6 Å². The van der Waals surface area contributed by atoms with E-state index in [1.165, 1.54) is 12.8 Å². The van der Waals surface area contributed by atoms with E-state index in [-0.39, 0.29) is 5.95 Å². The quantitative estimate of drug-likeness (QED) is 0.908. The molecule has 25 heavy (non-hydrogen) atoms. The summed E-state index contributed by atoms with van der Waals surface area (Å²) in [6, 6.07) is 2.74. The molecule has 128 valence electrons. The molecule has 2 N–H and O–H groups in total. The molecule has 3 atom stereocenters. The first-order valence-corrected chi connectivity index (χ1v) is 9.07. The van der Waals surface area contributed by atoms with Crippen LogP contribution in [0.25, 0.3) is 11.3 Å². The Hall–Kier alpha value is -2.28. The van der Waals surface area contributed by atoms with Gasteiger partial charge >= 0.3 is 0 Å². The molecule has 7 heteroatoms. The van der Waals surface area contributed by atoms with Crippen molar-refractivity contribution in [1.29, 1.82) is 0 Å². The number of rotatable bonds is 3. The molecule has 5 fully saturated rings. The summed E-state index contributed by atoms with van der Waals surface area (Å²) in [6.45, 7) is 2.82. The number of ether oxygens (including phenoxy) is 1. The van der Waals surface area contributed by atoms with E-state index < -0.39 is 0 Å². The summed E-state index contributed by atoms with van der Waals surface area (Å²) in [4.78, 5) is 20.5. The molecule has 3 saturated heterocycles. The number of nitrogen functional groups attached to an aromatic ring is 1. The average Bonchev–Trinajstić information content (AvgIpc) is 3.04. The van der Waals surface area contributed by atoms with Crippen LogP contribution >= 0.6 is 0 Å². The zero-order valence-electron chi connectivity index (χ0n) is 13.9. The summed E-state index contributed by atoms with van der Waals surface area (Å²) < 4.78 is 5.55. The lowest BCUT2D eigenvalue weighted by molar-refractivity contribution is 0.160. The molecule has 0 unspecified atom stereocenters. The molecule has 7 rings (SSSR count). The largest absolute Gasteiger partial charge is 0.381 e. The predicted octanol–water partition coefficient (Wildman–Crippen LogP) is 1.47. The predicted molar refractivity (Wildman–Crippen MR) is 91.9 cm³/mol. The van der Waals surface area contributed by atoms with Crippen molar-refractivity contribution in [3.63, 3.8) is 0 Å². The van der Waals surface area contributed by atoms with Crippen LogP contribution in [0.15, 0.2) is 18.5 Å². The van der Waals surface area contributed by atoms with Gasteiger partial charge in [-0.2, -0.15) is 0 Å². The molecule has 0 radical (unpaired) electrons. The Kier molecular flexibility index (Phi) is 2.72. The summed E-state index contributed by atoms with van der Waals surface area (Å²) in [5.74, 6) is 3.76. The number of anilines is 2. The van der Waals surface area contributed by atoms with Gasteiger partial charge in [-0.1, -0.05) is 0 Å². The number of aromatic nitrogens is 4. The topological polar surface area (TPSA) is 90.0 Å². The molecule has 2 aromatic rings. The van der Waals surface area contributed by atoms with E-state index in [1.54, 1.807) is 12.4 Å². The number of hydrogen-bond donors (Lipinski definition) is 1. The van der Waals surface area contributed by atoms with Crippen molar-refractivity contribution in [3.05, 3.63) is 24.2 Å². The second-order valence-electron chi connectivity index (χ2n) is 7.84. The van der Waals surface area contributed by atoms with Crippen molar-refractivity contribution >= 4 is 11.9 Å². The normalized spacial score (nSPS) is 34.7. The fourth-order valence-electron chi connectivity index (χ4n) is 4.82. The summed E-state index contributed by atoms with van der Waals surface area (Å²) >= 11 is 0. The van der Waals surface area contributed by atoms with Gasteiger partial charge in [-0.25, -0.2) is 19.9 Å². The Labute approximate surface area is 145 Å². The lowest BCUT2D eigenvalue weighted by Crippen LogP contribution is -2.30. The third-order valence-corrected chi connectivity index (χ3v) is 6.36. The van der Waals surface area contributed by atoms with Crippen molar-refractivity contribution in [2.24, 2.45) is 17.8 Å². The van der Waals surface area contributed by atoms with E-state index in [9.17, 15) is 0 Å². The summed E-state index contributed by atoms with van der Waals surface area (Å²) in [7, 11) is 0. The van der Waals surface area contributed by atoms with Crippen LogP contribution in [0.2, 0.25) is 0 Å². The monoisotopic (exact) mass is 336 g/mol. The first-order chi connectivity index (χ1) is 12.3. The summed E-state index contributed by atoms with van der Waals surface area (Å²) in [5, 5.41) is 0. The Morgan fingerprint density at radius 1 is 1.08 bits per heavy atom. The van der Waals surface area contributed by atoms with Gasteiger partial charge in [0.1, 0.15) is 0 Å². The highest BCUT2D eigenvalue weighted by Crippen LogP contribution is 2.57. The van der Waals surface area contributed by atoms with Crippen molar-refractivity contribution in [1.82, 2.24) is 19.9 Å². The van der Waals surface area contributed by atoms with E-state index >= 15 is 0 Å². The third-order valence-electron chi connectivity index (χ3n) is 6.36. The average molecular weight is 336 g/mol. The van der Waals surface area contributed by atoms with Crippen LogP contribution in [0.1, 0.15) is 24.5 Å². The lowest BCUT2D eigenvalue weighted by atomic mass is 9.86. The smallest absolute Gasteiger partial charge is 0.226 e. The van der Waals surface area contributed by atoms with Gasteiger partial charge in [-0.3, -0.25) is 0 Å². The minimum absolute atomic E-state index is 0.285. The Morgan fingerprint density at radius 2 is 1.84 bits per heavy atom. The molecular weight excluding hydrogens is 316 g/mol. The molecule has 3 aliphatic heterocycles. The van der Waals surface area contributed by atoms with Crippen LogP contribution in [-0.2, 0) is 4.74 Å². The van der Waals surface area contributed by atoms with Crippen LogP contribution in [0, 0.1) is 17.8 Å². The molecule has 0 amide bonds. The second kappa shape index (κ2) is 4.88. The van der Waals surface area contributed by atoms with Crippen molar-refractivity contribution in [2.75, 3.05) is 30.4 Å². The van der Waals surface area contributed by atoms with Gasteiger partial charge in [0.25, 0.3) is 0 Å². The van der Waals surface area contributed by atoms with Gasteiger partial charge in [-0.05, 0) is 36.7 Å². The van der Waals surface area contributed by atoms with Crippen LogP contribution < -0.4 is 10.6 Å². The van der Waals surface area contributed by atoms with E-state index in [4.69, 9.17) is 20.4 Å². The maximum Gasteiger partial charge on any atom is 0.226 e. The van der Waals surface area contributed by atoms with E-state index in [2.05, 4.69) is 20.9 Å². The van der Waals surface area contributed by atoms with Crippen LogP contribution in [0.3, 0.4) is 0 Å². The zero-order chi connectivity index (χ0) is 16.5. The maximum absolute atomic E-state index is 5.63. The minimum Gasteiger partial charge on any atom is -0.381 e. The fraction of sp³-hybridized carbons (Fsp3) is 0.556. The SMILES string of the molecule is Nc1ncc(-c2cc([C@H]3[C@@H]4COC[C@@H]43)nc(N3CC4CC3C4)n2)cn1. The molecule has 2 saturated carbocycles. The number of fused-ring (bicyclic) bond motifs is 2. The summed E-state index contributed by atoms with van der Waals surface area (Å²) in [6.07, 6.45) is 6.07. The van der Waals surface area contributed by atoms with Gasteiger partial charge in [0.2, 0.25) is 11.9 Å². The standard InChI is InChI=1S/C18H20N6O/c19-17-20-4-10(5-21-17)14-3-15(16-12-7-25-8-13(12)16)23-18(22-14)24-6-9-1-11(24)2-9/h3-5,9,11-13,16H,1-2,6-8H2,(H2,19,20,21)/t9?,11?,12-,13+,16+. The lowest BCUT2D eigenvalue weighted by Gasteiger charge is -2.26. The van der Waals surface area contributed by atoms with Gasteiger partial charge < -0.3 is 15.4 Å². The highest BCUT2D eigenvalue weighted by atomic mass is 16.5. The molecule has 5 heterocycles. The fourth-order valence-corrected chi connectivity index (χ4v) is 4.82. The van der Waals surface area contributed by atoms with Crippen molar-refractivity contribution < 1.29 is 4.74 Å². The molecule has 5 aliphatic rings. The molecule has 0 aromatic carbocycles. The van der Waals surface area contributed by atoms with Gasteiger partial charge in [-0.15, -0.1) is 0 Å². The molecular formula is C18H20N6O. The van der Waals surface area contributed by atoms with Crippen molar-refractivity contribution in [3.8, 4) is 11.3 Å². The molecule has 7 nitrogen and oxygen atoms in total. The van der Waals surface area contributed by atoms with Crippen molar-refractivity contribution in [2.45, 2.75) is 24.8 Å². The van der Waals surface area contributed by atoms with Crippen LogP contribution in [0.4, 0.5) is 11.9 Å². The number of hydrogen-bond acceptors (Lipinski definition) is 7. The zero-order valence-corrected chi connectivity index (χ0v) is 13.9. The summed E-state index contributed by atoms with van der Waals surface area (Å²) in [5.41, 5.74) is 8.58. The van der Waals surface area contributed by atoms with E-state index in [0.717, 1.165) is 48.6 Å². The van der Waals surface area contributed by atoms with Crippen LogP contribution in [-0.4, -0.2) is 45.7 Å². The number of nitrogens with zero attached hydrogens (tertiary/aromatic N) is 5. The second-order valence-corrected chi connectivity index (χ2v) is 7.84. The van der Waals surface area contributed by atoms with Crippen LogP contribution in [0.5, 0.6) is 0 Å². The highest BCUT2D eigenvalue weighted by molar-refractivity contribution is 5.60.